The van der Waals surface area contributed by atoms with Crippen LogP contribution < -0.4 is 4.72 Å². The fraction of sp³-hybridized carbons (Fsp3) is 0.278. The number of hydrogen-bond donors (Lipinski definition) is 1. The summed E-state index contributed by atoms with van der Waals surface area (Å²) >= 11 is 0. The van der Waals surface area contributed by atoms with Gasteiger partial charge >= 0.3 is 0 Å². The Morgan fingerprint density at radius 1 is 0.815 bits per heavy atom. The molecule has 1 aliphatic rings. The lowest BCUT2D eigenvalue weighted by atomic mass is 10.2. The molecule has 0 aliphatic carbocycles. The first kappa shape index (κ1) is 19.4. The minimum Gasteiger partial charge on any atom is -0.280 e. The van der Waals surface area contributed by atoms with E-state index in [1.807, 2.05) is 6.07 Å². The number of sulfonamides is 2. The van der Waals surface area contributed by atoms with Gasteiger partial charge in [-0.05, 0) is 61.4 Å². The van der Waals surface area contributed by atoms with E-state index in [9.17, 15) is 16.8 Å². The van der Waals surface area contributed by atoms with Gasteiger partial charge in [0.15, 0.2) is 0 Å². The second-order valence-electron chi connectivity index (χ2n) is 6.23. The van der Waals surface area contributed by atoms with E-state index in [2.05, 4.69) is 4.72 Å². The van der Waals surface area contributed by atoms with E-state index in [4.69, 9.17) is 5.26 Å². The van der Waals surface area contributed by atoms with Crippen LogP contribution in [0, 0.1) is 11.3 Å². The molecule has 1 saturated heterocycles. The van der Waals surface area contributed by atoms with Crippen molar-refractivity contribution in [2.75, 3.05) is 17.8 Å². The fourth-order valence-electron chi connectivity index (χ4n) is 2.87. The van der Waals surface area contributed by atoms with Crippen LogP contribution in [0.2, 0.25) is 0 Å². The van der Waals surface area contributed by atoms with Gasteiger partial charge < -0.3 is 0 Å². The summed E-state index contributed by atoms with van der Waals surface area (Å²) in [6.45, 7) is 1.02. The van der Waals surface area contributed by atoms with Crippen LogP contribution in [-0.2, 0) is 20.0 Å². The average molecular weight is 406 g/mol. The number of nitrogens with zero attached hydrogens (tertiary/aromatic N) is 2. The van der Waals surface area contributed by atoms with E-state index in [0.29, 0.717) is 18.7 Å². The molecule has 0 spiro atoms. The Bertz CT molecular complexity index is 1050. The molecule has 1 N–H and O–H groups in total. The molecule has 1 aliphatic heterocycles. The number of rotatable bonds is 5. The van der Waals surface area contributed by atoms with Crippen LogP contribution in [0.25, 0.3) is 0 Å². The van der Waals surface area contributed by atoms with Crippen LogP contribution in [0.1, 0.15) is 24.8 Å². The van der Waals surface area contributed by atoms with E-state index < -0.39 is 20.0 Å². The largest absolute Gasteiger partial charge is 0.280 e. The molecule has 1 heterocycles. The van der Waals surface area contributed by atoms with Crippen molar-refractivity contribution in [2.24, 2.45) is 0 Å². The first-order valence-corrected chi connectivity index (χ1v) is 11.4. The van der Waals surface area contributed by atoms with Gasteiger partial charge in [-0.2, -0.15) is 9.57 Å². The molecular formula is C18H19N3O4S2. The van der Waals surface area contributed by atoms with Crippen LogP contribution in [0.3, 0.4) is 0 Å². The number of nitrogens with one attached hydrogen (secondary N) is 1. The highest BCUT2D eigenvalue weighted by molar-refractivity contribution is 7.92. The molecule has 2 aromatic carbocycles. The van der Waals surface area contributed by atoms with Crippen LogP contribution in [0.5, 0.6) is 0 Å². The zero-order chi connectivity index (χ0) is 19.5. The van der Waals surface area contributed by atoms with Gasteiger partial charge in [0.2, 0.25) is 10.0 Å². The van der Waals surface area contributed by atoms with Crippen molar-refractivity contribution >= 4 is 25.7 Å². The molecule has 7 nitrogen and oxygen atoms in total. The Balaban J connectivity index is 1.78. The highest BCUT2D eigenvalue weighted by Crippen LogP contribution is 2.23. The maximum atomic E-state index is 12.6. The highest BCUT2D eigenvalue weighted by atomic mass is 32.2. The lowest BCUT2D eigenvalue weighted by Gasteiger charge is -2.25. The molecule has 0 unspecified atom stereocenters. The summed E-state index contributed by atoms with van der Waals surface area (Å²) in [5, 5.41) is 8.78. The first-order valence-electron chi connectivity index (χ1n) is 8.46. The third-order valence-electron chi connectivity index (χ3n) is 4.35. The van der Waals surface area contributed by atoms with Crippen molar-refractivity contribution in [3.8, 4) is 6.07 Å². The topological polar surface area (TPSA) is 107 Å². The maximum absolute atomic E-state index is 12.6. The van der Waals surface area contributed by atoms with Gasteiger partial charge in [0.05, 0.1) is 21.4 Å². The average Bonchev–Trinajstić information content (AvgIpc) is 2.69. The third kappa shape index (κ3) is 4.30. The number of benzene rings is 2. The first-order chi connectivity index (χ1) is 12.8. The van der Waals surface area contributed by atoms with Gasteiger partial charge in [0.1, 0.15) is 0 Å². The van der Waals surface area contributed by atoms with Gasteiger partial charge in [-0.1, -0.05) is 6.42 Å². The number of anilines is 1. The predicted molar refractivity (Wildman–Crippen MR) is 101 cm³/mol. The zero-order valence-corrected chi connectivity index (χ0v) is 16.1. The van der Waals surface area contributed by atoms with Crippen LogP contribution in [0.4, 0.5) is 5.69 Å². The summed E-state index contributed by atoms with van der Waals surface area (Å²) in [7, 11) is -7.38. The van der Waals surface area contributed by atoms with E-state index >= 15 is 0 Å². The zero-order valence-electron chi connectivity index (χ0n) is 14.5. The molecule has 0 saturated carbocycles. The summed E-state index contributed by atoms with van der Waals surface area (Å²) in [5.74, 6) is 0. The molecule has 2 aromatic rings. The van der Waals surface area contributed by atoms with Crippen LogP contribution >= 0.6 is 0 Å². The Morgan fingerprint density at radius 3 is 1.93 bits per heavy atom. The molecule has 0 atom stereocenters. The molecule has 0 amide bonds. The molecule has 1 fully saturated rings. The van der Waals surface area contributed by atoms with E-state index in [-0.39, 0.29) is 15.5 Å². The smallest absolute Gasteiger partial charge is 0.261 e. The van der Waals surface area contributed by atoms with Crippen molar-refractivity contribution < 1.29 is 16.8 Å². The normalized spacial score (nSPS) is 15.8. The lowest BCUT2D eigenvalue weighted by molar-refractivity contribution is 0.346. The van der Waals surface area contributed by atoms with Gasteiger partial charge in [-0.3, -0.25) is 4.72 Å². The van der Waals surface area contributed by atoms with E-state index in [1.54, 1.807) is 0 Å². The van der Waals surface area contributed by atoms with Crippen molar-refractivity contribution in [3.05, 3.63) is 54.1 Å². The summed E-state index contributed by atoms with van der Waals surface area (Å²) in [4.78, 5) is 0.164. The molecule has 0 aromatic heterocycles. The second-order valence-corrected chi connectivity index (χ2v) is 9.85. The predicted octanol–water partition coefficient (Wildman–Crippen LogP) is 2.53. The highest BCUT2D eigenvalue weighted by Gasteiger charge is 2.25. The quantitative estimate of drug-likeness (QED) is 0.822. The van der Waals surface area contributed by atoms with E-state index in [0.717, 1.165) is 19.3 Å². The molecular weight excluding hydrogens is 386 g/mol. The maximum Gasteiger partial charge on any atom is 0.261 e. The van der Waals surface area contributed by atoms with Gasteiger partial charge in [-0.25, -0.2) is 16.8 Å². The van der Waals surface area contributed by atoms with Crippen molar-refractivity contribution in [2.45, 2.75) is 29.1 Å². The lowest BCUT2D eigenvalue weighted by Crippen LogP contribution is -2.35. The van der Waals surface area contributed by atoms with Crippen LogP contribution in [-0.4, -0.2) is 34.2 Å². The van der Waals surface area contributed by atoms with Gasteiger partial charge in [0, 0.05) is 18.8 Å². The van der Waals surface area contributed by atoms with Crippen LogP contribution in [0.15, 0.2) is 58.3 Å². The summed E-state index contributed by atoms with van der Waals surface area (Å²) < 4.78 is 53.9. The monoisotopic (exact) mass is 405 g/mol. The van der Waals surface area contributed by atoms with Gasteiger partial charge in [0.25, 0.3) is 10.0 Å². The standard InChI is InChI=1S/C18H19N3O4S2/c19-14-15-4-8-17(9-5-15)26(22,23)20-16-6-10-18(11-7-16)27(24,25)21-12-2-1-3-13-21/h4-11,20H,1-3,12-13H2. The molecule has 142 valence electrons. The SMILES string of the molecule is N#Cc1ccc(S(=O)(=O)Nc2ccc(S(=O)(=O)N3CCCCC3)cc2)cc1. The Labute approximate surface area is 159 Å². The molecule has 0 radical (unpaired) electrons. The third-order valence-corrected chi connectivity index (χ3v) is 7.66. The van der Waals surface area contributed by atoms with Crippen molar-refractivity contribution in [3.63, 3.8) is 0 Å². The van der Waals surface area contributed by atoms with Gasteiger partial charge in [-0.15, -0.1) is 0 Å². The molecule has 27 heavy (non-hydrogen) atoms. The van der Waals surface area contributed by atoms with Crippen molar-refractivity contribution in [1.29, 1.82) is 5.26 Å². The summed E-state index contributed by atoms with van der Waals surface area (Å²) in [5.41, 5.74) is 0.623. The Morgan fingerprint density at radius 2 is 1.37 bits per heavy atom. The number of piperidine rings is 1. The number of nitriles is 1. The Hall–Kier alpha value is -2.41. The second kappa shape index (κ2) is 7.68. The fourth-order valence-corrected chi connectivity index (χ4v) is 5.45. The van der Waals surface area contributed by atoms with E-state index in [1.165, 1.54) is 52.8 Å². The Kier molecular flexibility index (Phi) is 5.51. The molecule has 9 heteroatoms. The summed E-state index contributed by atoms with van der Waals surface area (Å²) in [6.07, 6.45) is 2.73. The minimum atomic E-state index is -3.83. The summed E-state index contributed by atoms with van der Waals surface area (Å²) in [6, 6.07) is 13.1. The molecule has 3 rings (SSSR count). The molecule has 0 bridgehead atoms. The van der Waals surface area contributed by atoms with Crippen molar-refractivity contribution in [1.82, 2.24) is 4.31 Å². The minimum absolute atomic E-state index is 0.0199. The number of hydrogen-bond acceptors (Lipinski definition) is 5.